The molecule has 0 aromatic carbocycles. The second-order valence-electron chi connectivity index (χ2n) is 3.49. The smallest absolute Gasteiger partial charge is 0.0626 e. The first-order valence-electron chi connectivity index (χ1n) is 4.06. The van der Waals surface area contributed by atoms with Gasteiger partial charge in [-0.05, 0) is 44.4 Å². The molecule has 0 saturated heterocycles. The van der Waals surface area contributed by atoms with Gasteiger partial charge in [-0.3, -0.25) is 0 Å². The highest BCUT2D eigenvalue weighted by atomic mass is 127. The minimum atomic E-state index is 0.285. The lowest BCUT2D eigenvalue weighted by Crippen LogP contribution is -2.18. The van der Waals surface area contributed by atoms with E-state index in [1.807, 2.05) is 0 Å². The van der Waals surface area contributed by atoms with Crippen LogP contribution in [0.2, 0.25) is 0 Å². The Morgan fingerprint density at radius 1 is 1.17 bits per heavy atom. The van der Waals surface area contributed by atoms with Crippen LogP contribution < -0.4 is 0 Å². The van der Waals surface area contributed by atoms with Crippen LogP contribution in [0.1, 0.15) is 27.7 Å². The first kappa shape index (κ1) is 11.0. The van der Waals surface area contributed by atoms with Crippen LogP contribution in [0.5, 0.6) is 0 Å². The number of halogens is 2. The molecule has 0 saturated carbocycles. The van der Waals surface area contributed by atoms with Gasteiger partial charge in [0.25, 0.3) is 0 Å². The zero-order chi connectivity index (χ0) is 9.52. The van der Waals surface area contributed by atoms with E-state index in [0.29, 0.717) is 0 Å². The van der Waals surface area contributed by atoms with Gasteiger partial charge in [0.05, 0.1) is 3.42 Å². The van der Waals surface area contributed by atoms with Gasteiger partial charge in [-0.15, -0.1) is 0 Å². The Morgan fingerprint density at radius 2 is 1.67 bits per heavy atom. The van der Waals surface area contributed by atoms with E-state index in [9.17, 15) is 0 Å². The molecule has 0 nitrogen and oxygen atoms in total. The summed E-state index contributed by atoms with van der Waals surface area (Å²) in [5, 5.41) is 0. The maximum atomic E-state index is 2.56. The molecule has 1 aliphatic carbocycles. The monoisotopic (exact) mass is 388 g/mol. The minimum Gasteiger partial charge on any atom is -0.0815 e. The zero-order valence-electron chi connectivity index (χ0n) is 7.96. The van der Waals surface area contributed by atoms with Gasteiger partial charge in [0, 0.05) is 4.43 Å². The number of alkyl halides is 2. The molecule has 0 bridgehead atoms. The second kappa shape index (κ2) is 3.59. The summed E-state index contributed by atoms with van der Waals surface area (Å²) in [6.07, 6.45) is 0. The van der Waals surface area contributed by atoms with Crippen LogP contribution in [0.25, 0.3) is 0 Å². The van der Waals surface area contributed by atoms with Gasteiger partial charge in [-0.1, -0.05) is 50.8 Å². The van der Waals surface area contributed by atoms with E-state index >= 15 is 0 Å². The molecule has 0 heterocycles. The Morgan fingerprint density at radius 3 is 1.83 bits per heavy atom. The van der Waals surface area contributed by atoms with Gasteiger partial charge >= 0.3 is 0 Å². The molecule has 0 aliphatic heterocycles. The number of hydrogen-bond acceptors (Lipinski definition) is 0. The summed E-state index contributed by atoms with van der Waals surface area (Å²) in [4.78, 5) is 0. The largest absolute Gasteiger partial charge is 0.0815 e. The van der Waals surface area contributed by atoms with Crippen molar-refractivity contribution in [2.75, 3.05) is 4.43 Å². The predicted molar refractivity (Wildman–Crippen MR) is 72.4 cm³/mol. The quantitative estimate of drug-likeness (QED) is 0.465. The van der Waals surface area contributed by atoms with Crippen molar-refractivity contribution in [3.63, 3.8) is 0 Å². The van der Waals surface area contributed by atoms with Gasteiger partial charge in [0.1, 0.15) is 0 Å². The lowest BCUT2D eigenvalue weighted by molar-refractivity contribution is 0.924. The van der Waals surface area contributed by atoms with Crippen LogP contribution in [-0.4, -0.2) is 7.85 Å². The van der Waals surface area contributed by atoms with Crippen LogP contribution in [0.3, 0.4) is 0 Å². The molecule has 1 atom stereocenters. The average Bonchev–Trinajstić information content (AvgIpc) is 2.13. The molecule has 0 N–H and O–H groups in total. The first-order chi connectivity index (χ1) is 5.42. The molecule has 1 rings (SSSR count). The standard InChI is InChI=1S/C10H14I2/c1-6-7(2)9(5-11)10(4,12)8(6)3/h5H2,1-4H3. The molecule has 1 unspecified atom stereocenters. The summed E-state index contributed by atoms with van der Waals surface area (Å²) in [6, 6.07) is 0. The van der Waals surface area contributed by atoms with E-state index < -0.39 is 0 Å². The third-order valence-electron chi connectivity index (χ3n) is 2.98. The highest BCUT2D eigenvalue weighted by Gasteiger charge is 2.34. The molecule has 0 fully saturated rings. The molecule has 0 aromatic heterocycles. The van der Waals surface area contributed by atoms with Crippen molar-refractivity contribution < 1.29 is 0 Å². The predicted octanol–water partition coefficient (Wildman–Crippen LogP) is 4.28. The van der Waals surface area contributed by atoms with E-state index in [2.05, 4.69) is 72.9 Å². The van der Waals surface area contributed by atoms with Gasteiger partial charge in [-0.25, -0.2) is 0 Å². The summed E-state index contributed by atoms with van der Waals surface area (Å²) in [5.41, 5.74) is 6.14. The Labute approximate surface area is 102 Å². The molecule has 68 valence electrons. The molecular formula is C10H14I2. The van der Waals surface area contributed by atoms with Crippen molar-refractivity contribution in [1.82, 2.24) is 0 Å². The highest BCUT2D eigenvalue weighted by Crippen LogP contribution is 2.46. The van der Waals surface area contributed by atoms with Crippen LogP contribution in [0.15, 0.2) is 22.3 Å². The van der Waals surface area contributed by atoms with Gasteiger partial charge in [0.15, 0.2) is 0 Å². The highest BCUT2D eigenvalue weighted by molar-refractivity contribution is 14.1. The molecule has 0 aromatic rings. The van der Waals surface area contributed by atoms with E-state index in [-0.39, 0.29) is 3.42 Å². The fourth-order valence-electron chi connectivity index (χ4n) is 1.66. The third-order valence-corrected chi connectivity index (χ3v) is 5.21. The van der Waals surface area contributed by atoms with Gasteiger partial charge < -0.3 is 0 Å². The second-order valence-corrected chi connectivity index (χ2v) is 6.41. The van der Waals surface area contributed by atoms with Crippen molar-refractivity contribution >= 4 is 45.2 Å². The van der Waals surface area contributed by atoms with E-state index in [1.165, 1.54) is 16.7 Å². The molecule has 0 radical (unpaired) electrons. The summed E-state index contributed by atoms with van der Waals surface area (Å²) < 4.78 is 1.44. The van der Waals surface area contributed by atoms with E-state index in [0.717, 1.165) is 4.43 Å². The van der Waals surface area contributed by atoms with Crippen molar-refractivity contribution in [2.45, 2.75) is 31.1 Å². The van der Waals surface area contributed by atoms with E-state index in [1.54, 1.807) is 5.57 Å². The van der Waals surface area contributed by atoms with Crippen molar-refractivity contribution in [2.24, 2.45) is 0 Å². The Balaban J connectivity index is 3.23. The summed E-state index contributed by atoms with van der Waals surface area (Å²) >= 11 is 5.02. The van der Waals surface area contributed by atoms with Crippen molar-refractivity contribution in [3.05, 3.63) is 22.3 Å². The van der Waals surface area contributed by atoms with Crippen LogP contribution in [0, 0.1) is 0 Å². The average molecular weight is 388 g/mol. The minimum absolute atomic E-state index is 0.285. The van der Waals surface area contributed by atoms with Crippen molar-refractivity contribution in [3.8, 4) is 0 Å². The van der Waals surface area contributed by atoms with E-state index in [4.69, 9.17) is 0 Å². The molecule has 1 aliphatic rings. The normalized spacial score (nSPS) is 30.5. The fourth-order valence-corrected chi connectivity index (χ4v) is 4.73. The maximum absolute atomic E-state index is 2.56. The topological polar surface area (TPSA) is 0 Å². The SMILES string of the molecule is CC1=C(C)C(C)(I)C(CI)=C1C. The number of allylic oxidation sites excluding steroid dienone is 4. The van der Waals surface area contributed by atoms with Crippen LogP contribution in [0.4, 0.5) is 0 Å². The summed E-state index contributed by atoms with van der Waals surface area (Å²) in [7, 11) is 0. The fraction of sp³-hybridized carbons (Fsp3) is 0.600. The summed E-state index contributed by atoms with van der Waals surface area (Å²) in [5.74, 6) is 0. The lowest BCUT2D eigenvalue weighted by Gasteiger charge is -2.22. The molecule has 12 heavy (non-hydrogen) atoms. The summed E-state index contributed by atoms with van der Waals surface area (Å²) in [6.45, 7) is 9.05. The lowest BCUT2D eigenvalue weighted by atomic mass is 9.99. The van der Waals surface area contributed by atoms with Crippen LogP contribution >= 0.6 is 45.2 Å². The zero-order valence-corrected chi connectivity index (χ0v) is 12.3. The Hall–Kier alpha value is 0.940. The molecule has 2 heteroatoms. The van der Waals surface area contributed by atoms with Crippen LogP contribution in [-0.2, 0) is 0 Å². The van der Waals surface area contributed by atoms with Crippen molar-refractivity contribution in [1.29, 1.82) is 0 Å². The molecule has 0 spiro atoms. The Kier molecular flexibility index (Phi) is 3.30. The number of rotatable bonds is 1. The molecular weight excluding hydrogens is 374 g/mol. The maximum Gasteiger partial charge on any atom is 0.0626 e. The van der Waals surface area contributed by atoms with Gasteiger partial charge in [-0.2, -0.15) is 0 Å². The Bertz CT molecular complexity index is 270. The number of hydrogen-bond donors (Lipinski definition) is 0. The van der Waals surface area contributed by atoms with Gasteiger partial charge in [0.2, 0.25) is 0 Å². The third kappa shape index (κ3) is 1.49. The molecule has 0 amide bonds. The first-order valence-corrected chi connectivity index (χ1v) is 6.66.